The van der Waals surface area contributed by atoms with Gasteiger partial charge in [0.1, 0.15) is 5.82 Å². The summed E-state index contributed by atoms with van der Waals surface area (Å²) < 4.78 is 1.13. The Balaban J connectivity index is 1.72. The zero-order chi connectivity index (χ0) is 16.6. The molecule has 0 amide bonds. The van der Waals surface area contributed by atoms with Crippen LogP contribution in [0.25, 0.3) is 20.8 Å². The molecule has 0 spiro atoms. The van der Waals surface area contributed by atoms with Crippen molar-refractivity contribution in [3.05, 3.63) is 24.4 Å². The van der Waals surface area contributed by atoms with Crippen molar-refractivity contribution in [1.29, 1.82) is 0 Å². The van der Waals surface area contributed by atoms with Gasteiger partial charge in [-0.15, -0.1) is 11.3 Å². The van der Waals surface area contributed by atoms with Gasteiger partial charge in [0.25, 0.3) is 0 Å². The summed E-state index contributed by atoms with van der Waals surface area (Å²) in [4.78, 5) is 5.92. The van der Waals surface area contributed by atoms with Crippen LogP contribution in [0.3, 0.4) is 0 Å². The Morgan fingerprint density at radius 2 is 2.25 bits per heavy atom. The average molecular weight is 343 g/mol. The molecule has 4 rings (SSSR count). The van der Waals surface area contributed by atoms with Crippen LogP contribution in [0.5, 0.6) is 0 Å². The van der Waals surface area contributed by atoms with Crippen LogP contribution in [-0.2, 0) is 0 Å². The van der Waals surface area contributed by atoms with Gasteiger partial charge in [0.05, 0.1) is 26.5 Å². The number of aliphatic hydroxyl groups is 1. The molecule has 0 atom stereocenters. The van der Waals surface area contributed by atoms with Crippen molar-refractivity contribution in [2.45, 2.75) is 31.7 Å². The molecular weight excluding hydrogens is 322 g/mol. The van der Waals surface area contributed by atoms with Crippen LogP contribution in [0, 0.1) is 0 Å². The first kappa shape index (κ1) is 15.4. The number of hydrogen-bond acceptors (Lipinski definition) is 6. The minimum Gasteiger partial charge on any atom is -0.396 e. The maximum atomic E-state index is 9.03. The van der Waals surface area contributed by atoms with Gasteiger partial charge in [-0.1, -0.05) is 0 Å². The number of aromatic nitrogens is 3. The summed E-state index contributed by atoms with van der Waals surface area (Å²) in [5.74, 6) is 0.906. The molecule has 7 heteroatoms. The first-order valence-electron chi connectivity index (χ1n) is 8.24. The highest BCUT2D eigenvalue weighted by molar-refractivity contribution is 7.22. The van der Waals surface area contributed by atoms with E-state index in [1.807, 2.05) is 6.07 Å². The number of H-pyrrole nitrogens is 1. The standard InChI is InChI=1S/C17H21N5OS/c1-17(4-5-17)21-15-10-12(18-6-2-8-23)16-13(20-15)9-14(24-16)11-3-7-19-22-11/h3,7,9-10,23H,2,4-6,8H2,1H3,(H,19,22)(H2,18,20,21). The van der Waals surface area contributed by atoms with E-state index in [1.54, 1.807) is 17.5 Å². The van der Waals surface area contributed by atoms with Crippen molar-refractivity contribution in [1.82, 2.24) is 15.2 Å². The summed E-state index contributed by atoms with van der Waals surface area (Å²) in [5.41, 5.74) is 3.23. The first-order chi connectivity index (χ1) is 11.7. The molecule has 24 heavy (non-hydrogen) atoms. The molecular formula is C17H21N5OS. The van der Waals surface area contributed by atoms with Gasteiger partial charge in [-0.3, -0.25) is 5.10 Å². The third-order valence-corrected chi connectivity index (χ3v) is 5.52. The maximum absolute atomic E-state index is 9.03. The Morgan fingerprint density at radius 3 is 2.96 bits per heavy atom. The van der Waals surface area contributed by atoms with Crippen molar-refractivity contribution >= 4 is 33.1 Å². The number of nitrogens with zero attached hydrogens (tertiary/aromatic N) is 2. The lowest BCUT2D eigenvalue weighted by atomic mass is 10.2. The average Bonchev–Trinajstić information content (AvgIpc) is 2.98. The van der Waals surface area contributed by atoms with E-state index in [2.05, 4.69) is 39.9 Å². The number of anilines is 2. The topological polar surface area (TPSA) is 85.9 Å². The van der Waals surface area contributed by atoms with Crippen LogP contribution in [-0.4, -0.2) is 39.0 Å². The van der Waals surface area contributed by atoms with Crippen LogP contribution in [0.15, 0.2) is 24.4 Å². The highest BCUT2D eigenvalue weighted by atomic mass is 32.1. The van der Waals surface area contributed by atoms with Crippen molar-refractivity contribution in [3.63, 3.8) is 0 Å². The fourth-order valence-corrected chi connectivity index (χ4v) is 3.73. The molecule has 3 aromatic heterocycles. The van der Waals surface area contributed by atoms with Crippen LogP contribution >= 0.6 is 11.3 Å². The van der Waals surface area contributed by atoms with Crippen molar-refractivity contribution in [3.8, 4) is 10.6 Å². The third-order valence-electron chi connectivity index (χ3n) is 4.33. The SMILES string of the molecule is CC1(Nc2cc(NCCCO)c3sc(-c4ccn[nH]4)cc3n2)CC1. The molecule has 0 radical (unpaired) electrons. The Labute approximate surface area is 144 Å². The van der Waals surface area contributed by atoms with Gasteiger partial charge >= 0.3 is 0 Å². The summed E-state index contributed by atoms with van der Waals surface area (Å²) in [7, 11) is 0. The quantitative estimate of drug-likeness (QED) is 0.494. The van der Waals surface area contributed by atoms with E-state index in [-0.39, 0.29) is 12.1 Å². The minimum atomic E-state index is 0.186. The van der Waals surface area contributed by atoms with E-state index < -0.39 is 0 Å². The molecule has 126 valence electrons. The van der Waals surface area contributed by atoms with Crippen molar-refractivity contribution < 1.29 is 5.11 Å². The second-order valence-corrected chi connectivity index (χ2v) is 7.59. The molecule has 1 aliphatic rings. The highest BCUT2D eigenvalue weighted by Crippen LogP contribution is 2.41. The lowest BCUT2D eigenvalue weighted by Crippen LogP contribution is -2.17. The van der Waals surface area contributed by atoms with Gasteiger partial charge in [-0.2, -0.15) is 5.10 Å². The summed E-state index contributed by atoms with van der Waals surface area (Å²) in [6, 6.07) is 6.15. The predicted molar refractivity (Wildman–Crippen MR) is 98.7 cm³/mol. The number of aromatic amines is 1. The molecule has 0 aliphatic heterocycles. The summed E-state index contributed by atoms with van der Waals surface area (Å²) in [5, 5.41) is 23.1. The van der Waals surface area contributed by atoms with Gasteiger partial charge in [0, 0.05) is 31.0 Å². The van der Waals surface area contributed by atoms with Gasteiger partial charge < -0.3 is 15.7 Å². The molecule has 3 aromatic rings. The van der Waals surface area contributed by atoms with E-state index >= 15 is 0 Å². The largest absolute Gasteiger partial charge is 0.396 e. The monoisotopic (exact) mass is 343 g/mol. The Hall–Kier alpha value is -2.12. The van der Waals surface area contributed by atoms with Crippen LogP contribution in [0.4, 0.5) is 11.5 Å². The Bertz CT molecular complexity index is 838. The number of thiophene rings is 1. The Kier molecular flexibility index (Phi) is 3.90. The summed E-state index contributed by atoms with van der Waals surface area (Å²) >= 11 is 1.70. The molecule has 0 aromatic carbocycles. The van der Waals surface area contributed by atoms with E-state index in [4.69, 9.17) is 10.1 Å². The zero-order valence-corrected chi connectivity index (χ0v) is 14.4. The van der Waals surface area contributed by atoms with Crippen molar-refractivity contribution in [2.75, 3.05) is 23.8 Å². The molecule has 0 saturated heterocycles. The lowest BCUT2D eigenvalue weighted by molar-refractivity contribution is 0.292. The van der Waals surface area contributed by atoms with Gasteiger partial charge in [-0.05, 0) is 38.3 Å². The van der Waals surface area contributed by atoms with Gasteiger partial charge in [-0.25, -0.2) is 4.98 Å². The number of pyridine rings is 1. The third kappa shape index (κ3) is 3.09. The number of nitrogens with one attached hydrogen (secondary N) is 3. The number of aliphatic hydroxyl groups excluding tert-OH is 1. The molecule has 1 fully saturated rings. The molecule has 0 bridgehead atoms. The smallest absolute Gasteiger partial charge is 0.129 e. The first-order valence-corrected chi connectivity index (χ1v) is 9.06. The number of hydrogen-bond donors (Lipinski definition) is 4. The maximum Gasteiger partial charge on any atom is 0.129 e. The fraction of sp³-hybridized carbons (Fsp3) is 0.412. The van der Waals surface area contributed by atoms with Crippen LogP contribution in [0.1, 0.15) is 26.2 Å². The zero-order valence-electron chi connectivity index (χ0n) is 13.6. The Morgan fingerprint density at radius 1 is 1.38 bits per heavy atom. The molecule has 1 saturated carbocycles. The van der Waals surface area contributed by atoms with Gasteiger partial charge in [0.15, 0.2) is 0 Å². The van der Waals surface area contributed by atoms with E-state index in [1.165, 1.54) is 12.8 Å². The molecule has 0 unspecified atom stereocenters. The second-order valence-electron chi connectivity index (χ2n) is 6.54. The second kappa shape index (κ2) is 6.07. The summed E-state index contributed by atoms with van der Waals surface area (Å²) in [6.07, 6.45) is 4.85. The molecule has 4 N–H and O–H groups in total. The van der Waals surface area contributed by atoms with Crippen molar-refractivity contribution in [2.24, 2.45) is 0 Å². The summed E-state index contributed by atoms with van der Waals surface area (Å²) in [6.45, 7) is 3.15. The molecule has 3 heterocycles. The number of fused-ring (bicyclic) bond motifs is 1. The van der Waals surface area contributed by atoms with Gasteiger partial charge in [0.2, 0.25) is 0 Å². The normalized spacial score (nSPS) is 15.6. The number of rotatable bonds is 7. The lowest BCUT2D eigenvalue weighted by Gasteiger charge is -2.14. The van der Waals surface area contributed by atoms with E-state index in [0.29, 0.717) is 0 Å². The molecule has 6 nitrogen and oxygen atoms in total. The van der Waals surface area contributed by atoms with E-state index in [9.17, 15) is 0 Å². The predicted octanol–water partition coefficient (Wildman–Crippen LogP) is 3.45. The van der Waals surface area contributed by atoms with Crippen LogP contribution in [0.2, 0.25) is 0 Å². The molecule has 1 aliphatic carbocycles. The van der Waals surface area contributed by atoms with E-state index in [0.717, 1.165) is 45.3 Å². The highest BCUT2D eigenvalue weighted by Gasteiger charge is 2.37. The van der Waals surface area contributed by atoms with Crippen LogP contribution < -0.4 is 10.6 Å². The fourth-order valence-electron chi connectivity index (χ4n) is 2.67. The minimum absolute atomic E-state index is 0.186.